The Morgan fingerprint density at radius 2 is 2.33 bits per heavy atom. The largest absolute Gasteiger partial charge is 0.493 e. The summed E-state index contributed by atoms with van der Waals surface area (Å²) in [4.78, 5) is 2.40. The molecule has 0 amide bonds. The molecular weight excluding hydrogens is 270 g/mol. The van der Waals surface area contributed by atoms with Gasteiger partial charge in [0.1, 0.15) is 5.69 Å². The predicted molar refractivity (Wildman–Crippen MR) is 81.0 cm³/mol. The van der Waals surface area contributed by atoms with Gasteiger partial charge in [0.25, 0.3) is 0 Å². The van der Waals surface area contributed by atoms with E-state index in [1.165, 1.54) is 0 Å². The fourth-order valence-corrected chi connectivity index (χ4v) is 2.83. The van der Waals surface area contributed by atoms with E-state index in [4.69, 9.17) is 15.3 Å². The Bertz CT molecular complexity index is 427. The van der Waals surface area contributed by atoms with Gasteiger partial charge >= 0.3 is 0 Å². The number of hydrogen-bond donors (Lipinski definition) is 2. The molecule has 1 aromatic rings. The first-order valence-electron chi connectivity index (χ1n) is 7.53. The first-order chi connectivity index (χ1) is 10.1. The van der Waals surface area contributed by atoms with Crippen molar-refractivity contribution in [3.63, 3.8) is 0 Å². The van der Waals surface area contributed by atoms with Crippen molar-refractivity contribution in [2.24, 2.45) is 5.84 Å². The average Bonchev–Trinajstić information content (AvgIpc) is 2.91. The smallest absolute Gasteiger partial charge is 0.161 e. The molecule has 0 spiro atoms. The van der Waals surface area contributed by atoms with Crippen molar-refractivity contribution in [2.45, 2.75) is 45.5 Å². The molecule has 120 valence electrons. The third kappa shape index (κ3) is 3.37. The van der Waals surface area contributed by atoms with E-state index in [0.29, 0.717) is 12.6 Å². The summed E-state index contributed by atoms with van der Waals surface area (Å²) in [7, 11) is 1.65. The predicted octanol–water partition coefficient (Wildman–Crippen LogP) is 0.525. The van der Waals surface area contributed by atoms with E-state index in [-0.39, 0.29) is 12.1 Å². The molecule has 0 saturated carbocycles. The van der Waals surface area contributed by atoms with E-state index >= 15 is 0 Å². The summed E-state index contributed by atoms with van der Waals surface area (Å²) < 4.78 is 13.3. The highest BCUT2D eigenvalue weighted by atomic mass is 16.5. The zero-order valence-corrected chi connectivity index (χ0v) is 13.4. The van der Waals surface area contributed by atoms with Crippen LogP contribution in [0.2, 0.25) is 0 Å². The molecule has 3 N–H and O–H groups in total. The van der Waals surface area contributed by atoms with Gasteiger partial charge in [0, 0.05) is 25.7 Å². The Kier molecular flexibility index (Phi) is 5.58. The first-order valence-corrected chi connectivity index (χ1v) is 7.53. The molecule has 0 aromatic carbocycles. The highest BCUT2D eigenvalue weighted by Gasteiger charge is 2.33. The number of aromatic nitrogens is 2. The topological polar surface area (TPSA) is 77.6 Å². The number of rotatable bonds is 6. The number of nitrogens with zero attached hydrogens (tertiary/aromatic N) is 3. The van der Waals surface area contributed by atoms with E-state index < -0.39 is 0 Å². The third-order valence-corrected chi connectivity index (χ3v) is 4.07. The molecule has 1 saturated heterocycles. The number of hydrogen-bond acceptors (Lipinski definition) is 6. The van der Waals surface area contributed by atoms with Crippen molar-refractivity contribution in [1.29, 1.82) is 0 Å². The van der Waals surface area contributed by atoms with Crippen molar-refractivity contribution in [3.8, 4) is 5.75 Å². The molecule has 7 heteroatoms. The molecule has 2 rings (SSSR count). The van der Waals surface area contributed by atoms with Crippen LogP contribution in [-0.2, 0) is 11.3 Å². The van der Waals surface area contributed by atoms with Gasteiger partial charge in [-0.15, -0.1) is 0 Å². The summed E-state index contributed by atoms with van der Waals surface area (Å²) >= 11 is 0. The normalized spacial score (nSPS) is 21.7. The van der Waals surface area contributed by atoms with E-state index in [2.05, 4.69) is 29.3 Å². The maximum absolute atomic E-state index is 5.95. The minimum atomic E-state index is -0.149. The molecule has 1 aliphatic heterocycles. The second-order valence-electron chi connectivity index (χ2n) is 5.56. The second-order valence-corrected chi connectivity index (χ2v) is 5.56. The Balaban J connectivity index is 2.24. The van der Waals surface area contributed by atoms with Crippen LogP contribution in [0.15, 0.2) is 6.20 Å². The molecule has 2 heterocycles. The molecule has 0 bridgehead atoms. The average molecular weight is 297 g/mol. The Morgan fingerprint density at radius 3 is 2.90 bits per heavy atom. The van der Waals surface area contributed by atoms with Crippen LogP contribution in [-0.4, -0.2) is 53.6 Å². The number of hydrazine groups is 1. The van der Waals surface area contributed by atoms with E-state index in [9.17, 15) is 0 Å². The lowest BCUT2D eigenvalue weighted by Crippen LogP contribution is -2.51. The molecule has 1 fully saturated rings. The van der Waals surface area contributed by atoms with Gasteiger partial charge in [-0.2, -0.15) is 5.10 Å². The fraction of sp³-hybridized carbons (Fsp3) is 0.786. The van der Waals surface area contributed by atoms with Crippen LogP contribution in [0.5, 0.6) is 5.75 Å². The van der Waals surface area contributed by atoms with Gasteiger partial charge < -0.3 is 9.47 Å². The maximum Gasteiger partial charge on any atom is 0.161 e. The van der Waals surface area contributed by atoms with Gasteiger partial charge in [0.2, 0.25) is 0 Å². The van der Waals surface area contributed by atoms with Crippen LogP contribution in [0.1, 0.15) is 32.5 Å². The number of morpholine rings is 1. The number of aryl methyl sites for hydroxylation is 1. The Morgan fingerprint density at radius 1 is 1.57 bits per heavy atom. The highest BCUT2D eigenvalue weighted by Crippen LogP contribution is 2.29. The minimum absolute atomic E-state index is 0.0259. The molecule has 7 nitrogen and oxygen atoms in total. The maximum atomic E-state index is 5.95. The van der Waals surface area contributed by atoms with Crippen LogP contribution in [0, 0.1) is 0 Å². The molecular formula is C14H27N5O2. The van der Waals surface area contributed by atoms with Gasteiger partial charge in [0.15, 0.2) is 5.75 Å². The lowest BCUT2D eigenvalue weighted by molar-refractivity contribution is -0.0576. The third-order valence-electron chi connectivity index (χ3n) is 4.07. The minimum Gasteiger partial charge on any atom is -0.493 e. The summed E-state index contributed by atoms with van der Waals surface area (Å²) in [5, 5.41) is 4.35. The quantitative estimate of drug-likeness (QED) is 0.589. The van der Waals surface area contributed by atoms with Crippen molar-refractivity contribution >= 4 is 0 Å². The number of ether oxygens (including phenoxy) is 2. The van der Waals surface area contributed by atoms with Gasteiger partial charge in [-0.1, -0.05) is 0 Å². The van der Waals surface area contributed by atoms with Crippen molar-refractivity contribution in [3.05, 3.63) is 11.9 Å². The fourth-order valence-electron chi connectivity index (χ4n) is 2.83. The second kappa shape index (κ2) is 7.22. The molecule has 1 aromatic heterocycles. The zero-order valence-electron chi connectivity index (χ0n) is 13.4. The van der Waals surface area contributed by atoms with Crippen molar-refractivity contribution in [2.75, 3.05) is 26.8 Å². The standard InChI is InChI=1S/C14H27N5O2/c1-5-19-14(11(20-4)8-16-19)13(17-15)12-9-18(10(2)3)6-7-21-12/h8,10,12-13,17H,5-7,9,15H2,1-4H3. The lowest BCUT2D eigenvalue weighted by Gasteiger charge is -2.38. The van der Waals surface area contributed by atoms with Crippen LogP contribution in [0.25, 0.3) is 0 Å². The van der Waals surface area contributed by atoms with Gasteiger partial charge in [-0.25, -0.2) is 5.43 Å². The van der Waals surface area contributed by atoms with Crippen molar-refractivity contribution in [1.82, 2.24) is 20.1 Å². The zero-order chi connectivity index (χ0) is 15.4. The lowest BCUT2D eigenvalue weighted by atomic mass is 10.0. The van der Waals surface area contributed by atoms with Crippen LogP contribution in [0.3, 0.4) is 0 Å². The summed E-state index contributed by atoms with van der Waals surface area (Å²) in [5.74, 6) is 6.56. The summed E-state index contributed by atoms with van der Waals surface area (Å²) in [6.45, 7) is 9.71. The molecule has 2 atom stereocenters. The Hall–Kier alpha value is -1.15. The number of nitrogens with one attached hydrogen (secondary N) is 1. The van der Waals surface area contributed by atoms with Gasteiger partial charge in [-0.3, -0.25) is 15.4 Å². The van der Waals surface area contributed by atoms with Crippen LogP contribution >= 0.6 is 0 Å². The molecule has 0 radical (unpaired) electrons. The molecule has 0 aliphatic carbocycles. The molecule has 21 heavy (non-hydrogen) atoms. The summed E-state index contributed by atoms with van der Waals surface area (Å²) in [5.41, 5.74) is 3.83. The summed E-state index contributed by atoms with van der Waals surface area (Å²) in [6.07, 6.45) is 1.70. The number of nitrogens with two attached hydrogens (primary N) is 1. The highest BCUT2D eigenvalue weighted by molar-refractivity contribution is 5.29. The van der Waals surface area contributed by atoms with Gasteiger partial charge in [0.05, 0.1) is 32.1 Å². The van der Waals surface area contributed by atoms with E-state index in [0.717, 1.165) is 31.1 Å². The van der Waals surface area contributed by atoms with Crippen LogP contribution < -0.4 is 16.0 Å². The van der Waals surface area contributed by atoms with Crippen LogP contribution in [0.4, 0.5) is 0 Å². The van der Waals surface area contributed by atoms with Crippen molar-refractivity contribution < 1.29 is 9.47 Å². The van der Waals surface area contributed by atoms with E-state index in [1.807, 2.05) is 11.6 Å². The Labute approximate surface area is 126 Å². The van der Waals surface area contributed by atoms with E-state index in [1.54, 1.807) is 13.3 Å². The summed E-state index contributed by atoms with van der Waals surface area (Å²) in [6, 6.07) is 0.344. The number of methoxy groups -OCH3 is 1. The SMILES string of the molecule is CCn1ncc(OC)c1C(NN)C1CN(C(C)C)CCO1. The molecule has 2 unspecified atom stereocenters. The molecule has 1 aliphatic rings. The monoisotopic (exact) mass is 297 g/mol. The first kappa shape index (κ1) is 16.2. The van der Waals surface area contributed by atoms with Gasteiger partial charge in [-0.05, 0) is 20.8 Å².